The van der Waals surface area contributed by atoms with Crippen molar-refractivity contribution < 1.29 is 22.7 Å². The standard InChI is InChI=1S/C24H26N2O5S/c1-26(17-18-10-6-4-7-11-18)23(27)16-25-21-14-19(30-2)15-22(24(21)31-3)32(28,29)20-12-8-5-9-13-20/h4-15,25H,16-17H2,1-3H3. The molecule has 0 fully saturated rings. The van der Waals surface area contributed by atoms with Crippen LogP contribution in [0.1, 0.15) is 5.56 Å². The summed E-state index contributed by atoms with van der Waals surface area (Å²) >= 11 is 0. The van der Waals surface area contributed by atoms with Gasteiger partial charge in [0.05, 0.1) is 31.3 Å². The van der Waals surface area contributed by atoms with Crippen LogP contribution in [0.3, 0.4) is 0 Å². The number of hydrogen-bond acceptors (Lipinski definition) is 6. The average Bonchev–Trinajstić information content (AvgIpc) is 2.82. The topological polar surface area (TPSA) is 84.9 Å². The average molecular weight is 455 g/mol. The van der Waals surface area contributed by atoms with Crippen molar-refractivity contribution >= 4 is 21.4 Å². The third kappa shape index (κ3) is 5.20. The van der Waals surface area contributed by atoms with Crippen LogP contribution in [0.2, 0.25) is 0 Å². The highest BCUT2D eigenvalue weighted by molar-refractivity contribution is 7.91. The van der Waals surface area contributed by atoms with Gasteiger partial charge in [-0.15, -0.1) is 0 Å². The summed E-state index contributed by atoms with van der Waals surface area (Å²) in [7, 11) is 0.678. The summed E-state index contributed by atoms with van der Waals surface area (Å²) in [5.41, 5.74) is 1.36. The van der Waals surface area contributed by atoms with E-state index in [2.05, 4.69) is 5.32 Å². The predicted octanol–water partition coefficient (Wildman–Crippen LogP) is 3.61. The molecule has 0 radical (unpaired) electrons. The number of nitrogens with one attached hydrogen (secondary N) is 1. The van der Waals surface area contributed by atoms with Gasteiger partial charge in [0, 0.05) is 25.7 Å². The summed E-state index contributed by atoms with van der Waals surface area (Å²) in [4.78, 5) is 14.3. The highest BCUT2D eigenvalue weighted by Crippen LogP contribution is 2.39. The van der Waals surface area contributed by atoms with Crippen molar-refractivity contribution in [2.24, 2.45) is 0 Å². The van der Waals surface area contributed by atoms with E-state index in [9.17, 15) is 13.2 Å². The zero-order chi connectivity index (χ0) is 23.1. The molecule has 0 atom stereocenters. The van der Waals surface area contributed by atoms with Crippen LogP contribution in [-0.2, 0) is 21.2 Å². The molecule has 0 aliphatic rings. The maximum absolute atomic E-state index is 13.2. The highest BCUT2D eigenvalue weighted by Gasteiger charge is 2.26. The van der Waals surface area contributed by atoms with Crippen LogP contribution in [0, 0.1) is 0 Å². The van der Waals surface area contributed by atoms with E-state index in [-0.39, 0.29) is 28.0 Å². The van der Waals surface area contributed by atoms with Crippen molar-refractivity contribution in [3.63, 3.8) is 0 Å². The molecule has 3 aromatic carbocycles. The number of carbonyl (C=O) groups is 1. The molecule has 0 spiro atoms. The van der Waals surface area contributed by atoms with E-state index in [1.807, 2.05) is 30.3 Å². The lowest BCUT2D eigenvalue weighted by Gasteiger charge is -2.20. The van der Waals surface area contributed by atoms with Crippen molar-refractivity contribution in [2.45, 2.75) is 16.3 Å². The van der Waals surface area contributed by atoms with Crippen LogP contribution in [-0.4, -0.2) is 47.0 Å². The zero-order valence-corrected chi connectivity index (χ0v) is 19.1. The third-order valence-corrected chi connectivity index (χ3v) is 6.70. The maximum atomic E-state index is 13.2. The van der Waals surface area contributed by atoms with Crippen LogP contribution in [0.4, 0.5) is 5.69 Å². The second-order valence-corrected chi connectivity index (χ2v) is 9.03. The van der Waals surface area contributed by atoms with Crippen molar-refractivity contribution in [1.82, 2.24) is 4.90 Å². The minimum Gasteiger partial charge on any atom is -0.497 e. The predicted molar refractivity (Wildman–Crippen MR) is 123 cm³/mol. The lowest BCUT2D eigenvalue weighted by atomic mass is 10.2. The molecule has 0 aromatic heterocycles. The number of methoxy groups -OCH3 is 2. The van der Waals surface area contributed by atoms with Crippen molar-refractivity contribution in [1.29, 1.82) is 0 Å². The molecule has 168 valence electrons. The molecule has 32 heavy (non-hydrogen) atoms. The van der Waals surface area contributed by atoms with Crippen LogP contribution in [0.15, 0.2) is 82.6 Å². The molecular formula is C24H26N2O5S. The Bertz CT molecular complexity index is 1170. The first-order valence-corrected chi connectivity index (χ1v) is 11.4. The molecule has 3 rings (SSSR count). The highest BCUT2D eigenvalue weighted by atomic mass is 32.2. The number of hydrogen-bond donors (Lipinski definition) is 1. The van der Waals surface area contributed by atoms with Gasteiger partial charge < -0.3 is 19.7 Å². The van der Waals surface area contributed by atoms with Gasteiger partial charge in [-0.2, -0.15) is 0 Å². The third-order valence-electron chi connectivity index (χ3n) is 4.93. The van der Waals surface area contributed by atoms with Gasteiger partial charge in [-0.05, 0) is 17.7 Å². The van der Waals surface area contributed by atoms with E-state index in [0.717, 1.165) is 5.56 Å². The van der Waals surface area contributed by atoms with Gasteiger partial charge in [-0.1, -0.05) is 48.5 Å². The molecule has 1 amide bonds. The minimum atomic E-state index is -3.87. The Morgan fingerprint density at radius 2 is 1.56 bits per heavy atom. The first-order chi connectivity index (χ1) is 15.4. The summed E-state index contributed by atoms with van der Waals surface area (Å²) in [6.45, 7) is 0.419. The number of rotatable bonds is 9. The van der Waals surface area contributed by atoms with Crippen molar-refractivity contribution in [2.75, 3.05) is 33.1 Å². The SMILES string of the molecule is COc1cc(NCC(=O)N(C)Cc2ccccc2)c(OC)c(S(=O)(=O)c2ccccc2)c1. The largest absolute Gasteiger partial charge is 0.497 e. The molecule has 1 N–H and O–H groups in total. The lowest BCUT2D eigenvalue weighted by Crippen LogP contribution is -2.31. The molecule has 8 heteroatoms. The van der Waals surface area contributed by atoms with Crippen molar-refractivity contribution in [3.05, 3.63) is 78.4 Å². The van der Waals surface area contributed by atoms with E-state index in [1.54, 1.807) is 36.2 Å². The number of ether oxygens (including phenoxy) is 2. The Hall–Kier alpha value is -3.52. The van der Waals surface area contributed by atoms with E-state index in [0.29, 0.717) is 18.0 Å². The maximum Gasteiger partial charge on any atom is 0.241 e. The Morgan fingerprint density at radius 3 is 2.16 bits per heavy atom. The molecule has 0 unspecified atom stereocenters. The molecule has 0 aliphatic heterocycles. The van der Waals surface area contributed by atoms with E-state index >= 15 is 0 Å². The van der Waals surface area contributed by atoms with Crippen molar-refractivity contribution in [3.8, 4) is 11.5 Å². The fourth-order valence-corrected chi connectivity index (χ4v) is 4.69. The number of benzene rings is 3. The summed E-state index contributed by atoms with van der Waals surface area (Å²) in [6.07, 6.45) is 0. The number of likely N-dealkylation sites (N-methyl/N-ethyl adjacent to an activating group) is 1. The van der Waals surface area contributed by atoms with Crippen LogP contribution in [0.25, 0.3) is 0 Å². The van der Waals surface area contributed by atoms with Crippen LogP contribution in [0.5, 0.6) is 11.5 Å². The van der Waals surface area contributed by atoms with E-state index in [4.69, 9.17) is 9.47 Å². The number of anilines is 1. The van der Waals surface area contributed by atoms with E-state index in [1.165, 1.54) is 32.4 Å². The molecule has 0 heterocycles. The number of nitrogens with zero attached hydrogens (tertiary/aromatic N) is 1. The first-order valence-electron chi connectivity index (χ1n) is 9.94. The fourth-order valence-electron chi connectivity index (χ4n) is 3.21. The van der Waals surface area contributed by atoms with Gasteiger partial charge in [-0.3, -0.25) is 4.79 Å². The Balaban J connectivity index is 1.87. The Morgan fingerprint density at radius 1 is 0.938 bits per heavy atom. The molecule has 0 saturated heterocycles. The van der Waals surface area contributed by atoms with Gasteiger partial charge in [-0.25, -0.2) is 8.42 Å². The number of carbonyl (C=O) groups excluding carboxylic acids is 1. The quantitative estimate of drug-likeness (QED) is 0.532. The Labute approximate surface area is 188 Å². The van der Waals surface area contributed by atoms with Gasteiger partial charge in [0.2, 0.25) is 15.7 Å². The first kappa shape index (κ1) is 23.1. The van der Waals surface area contributed by atoms with Gasteiger partial charge in [0.15, 0.2) is 5.75 Å². The normalized spacial score (nSPS) is 11.0. The molecular weight excluding hydrogens is 428 g/mol. The molecule has 0 aliphatic carbocycles. The van der Waals surface area contributed by atoms with E-state index < -0.39 is 9.84 Å². The number of amides is 1. The zero-order valence-electron chi connectivity index (χ0n) is 18.2. The molecule has 3 aromatic rings. The summed E-state index contributed by atoms with van der Waals surface area (Å²) in [5.74, 6) is 0.284. The summed E-state index contributed by atoms with van der Waals surface area (Å²) in [5, 5.41) is 3.01. The smallest absolute Gasteiger partial charge is 0.241 e. The number of sulfone groups is 1. The fraction of sp³-hybridized carbons (Fsp3) is 0.208. The second kappa shape index (κ2) is 10.2. The summed E-state index contributed by atoms with van der Waals surface area (Å²) in [6, 6.07) is 20.8. The summed E-state index contributed by atoms with van der Waals surface area (Å²) < 4.78 is 37.2. The monoisotopic (exact) mass is 454 g/mol. The molecule has 7 nitrogen and oxygen atoms in total. The van der Waals surface area contributed by atoms with Gasteiger partial charge in [0.25, 0.3) is 0 Å². The molecule has 0 bridgehead atoms. The van der Waals surface area contributed by atoms with Gasteiger partial charge >= 0.3 is 0 Å². The van der Waals surface area contributed by atoms with Crippen LogP contribution >= 0.6 is 0 Å². The molecule has 0 saturated carbocycles. The van der Waals surface area contributed by atoms with Crippen LogP contribution < -0.4 is 14.8 Å². The Kier molecular flexibility index (Phi) is 7.37. The second-order valence-electron chi connectivity index (χ2n) is 7.11. The lowest BCUT2D eigenvalue weighted by molar-refractivity contribution is -0.128. The minimum absolute atomic E-state index is 0.0434. The van der Waals surface area contributed by atoms with Gasteiger partial charge in [0.1, 0.15) is 10.6 Å².